The highest BCUT2D eigenvalue weighted by molar-refractivity contribution is 6.30. The van der Waals surface area contributed by atoms with Crippen molar-refractivity contribution in [3.63, 3.8) is 0 Å². The van der Waals surface area contributed by atoms with Crippen LogP contribution in [-0.2, 0) is 4.79 Å². The number of halogens is 1. The average molecular weight is 240 g/mol. The van der Waals surface area contributed by atoms with Crippen LogP contribution in [-0.4, -0.2) is 13.0 Å². The Hall–Kier alpha value is -1.02. The minimum Gasteiger partial charge on any atom is -0.359 e. The van der Waals surface area contributed by atoms with E-state index in [9.17, 15) is 4.79 Å². The van der Waals surface area contributed by atoms with Crippen LogP contribution in [0.1, 0.15) is 31.7 Å². The predicted octanol–water partition coefficient (Wildman–Crippen LogP) is 3.22. The Morgan fingerprint density at radius 1 is 1.44 bits per heavy atom. The largest absolute Gasteiger partial charge is 0.359 e. The Morgan fingerprint density at radius 2 is 2.12 bits per heavy atom. The van der Waals surface area contributed by atoms with Crippen molar-refractivity contribution in [1.29, 1.82) is 0 Å². The molecule has 0 aliphatic heterocycles. The second kappa shape index (κ2) is 5.90. The van der Waals surface area contributed by atoms with E-state index in [1.807, 2.05) is 24.3 Å². The molecule has 2 nitrogen and oxygen atoms in total. The monoisotopic (exact) mass is 239 g/mol. The van der Waals surface area contributed by atoms with E-state index in [-0.39, 0.29) is 11.8 Å². The number of amides is 1. The van der Waals surface area contributed by atoms with Crippen molar-refractivity contribution < 1.29 is 4.79 Å². The standard InChI is InChI=1S/C13H18ClNO/c1-9(2)12(8-13(16)15-3)10-5-4-6-11(14)7-10/h4-7,9,12H,8H2,1-3H3,(H,15,16). The van der Waals surface area contributed by atoms with Crippen LogP contribution >= 0.6 is 11.6 Å². The van der Waals surface area contributed by atoms with E-state index >= 15 is 0 Å². The third kappa shape index (κ3) is 3.53. The Bertz CT molecular complexity index is 363. The average Bonchev–Trinajstić information content (AvgIpc) is 2.25. The van der Waals surface area contributed by atoms with Crippen LogP contribution in [0.4, 0.5) is 0 Å². The van der Waals surface area contributed by atoms with E-state index in [4.69, 9.17) is 11.6 Å². The fourth-order valence-corrected chi connectivity index (χ4v) is 1.98. The zero-order chi connectivity index (χ0) is 12.1. The first-order valence-corrected chi connectivity index (χ1v) is 5.88. The third-order valence-corrected chi connectivity index (χ3v) is 3.00. The molecule has 1 aromatic carbocycles. The van der Waals surface area contributed by atoms with Gasteiger partial charge in [-0.05, 0) is 29.5 Å². The van der Waals surface area contributed by atoms with Crippen LogP contribution in [0.3, 0.4) is 0 Å². The van der Waals surface area contributed by atoms with Crippen molar-refractivity contribution in [1.82, 2.24) is 5.32 Å². The fourth-order valence-electron chi connectivity index (χ4n) is 1.78. The summed E-state index contributed by atoms with van der Waals surface area (Å²) in [5, 5.41) is 3.39. The predicted molar refractivity (Wildman–Crippen MR) is 67.7 cm³/mol. The highest BCUT2D eigenvalue weighted by Gasteiger charge is 2.19. The van der Waals surface area contributed by atoms with Crippen LogP contribution in [0.2, 0.25) is 5.02 Å². The molecule has 0 bridgehead atoms. The van der Waals surface area contributed by atoms with Crippen LogP contribution in [0.5, 0.6) is 0 Å². The zero-order valence-corrected chi connectivity index (χ0v) is 10.7. The molecule has 0 heterocycles. The summed E-state index contributed by atoms with van der Waals surface area (Å²) in [4.78, 5) is 11.4. The fraction of sp³-hybridized carbons (Fsp3) is 0.462. The van der Waals surface area contributed by atoms with Gasteiger partial charge in [-0.1, -0.05) is 37.6 Å². The molecule has 0 aliphatic carbocycles. The number of carbonyl (C=O) groups is 1. The molecule has 1 atom stereocenters. The van der Waals surface area contributed by atoms with Crippen LogP contribution in [0.15, 0.2) is 24.3 Å². The first-order chi connectivity index (χ1) is 7.54. The summed E-state index contributed by atoms with van der Waals surface area (Å²) in [5.74, 6) is 0.702. The molecule has 0 saturated heterocycles. The summed E-state index contributed by atoms with van der Waals surface area (Å²) in [7, 11) is 1.66. The van der Waals surface area contributed by atoms with Gasteiger partial charge >= 0.3 is 0 Å². The normalized spacial score (nSPS) is 12.6. The molecule has 1 unspecified atom stereocenters. The lowest BCUT2D eigenvalue weighted by Gasteiger charge is -2.20. The minimum atomic E-state index is 0.0682. The lowest BCUT2D eigenvalue weighted by molar-refractivity contribution is -0.121. The summed E-state index contributed by atoms with van der Waals surface area (Å²) >= 11 is 5.96. The lowest BCUT2D eigenvalue weighted by Crippen LogP contribution is -2.22. The summed E-state index contributed by atoms with van der Waals surface area (Å²) in [6.45, 7) is 4.24. The van der Waals surface area contributed by atoms with Gasteiger partial charge in [-0.25, -0.2) is 0 Å². The van der Waals surface area contributed by atoms with Crippen molar-refractivity contribution in [3.8, 4) is 0 Å². The van der Waals surface area contributed by atoms with E-state index in [1.165, 1.54) is 0 Å². The first kappa shape index (κ1) is 13.0. The second-order valence-corrected chi connectivity index (χ2v) is 4.72. The maximum atomic E-state index is 11.4. The van der Waals surface area contributed by atoms with Crippen molar-refractivity contribution in [2.75, 3.05) is 7.05 Å². The Balaban J connectivity index is 2.89. The summed E-state index contributed by atoms with van der Waals surface area (Å²) < 4.78 is 0. The molecule has 88 valence electrons. The highest BCUT2D eigenvalue weighted by Crippen LogP contribution is 2.29. The van der Waals surface area contributed by atoms with Gasteiger partial charge in [0.05, 0.1) is 0 Å². The molecular formula is C13H18ClNO. The minimum absolute atomic E-state index is 0.0682. The molecule has 1 rings (SSSR count). The molecule has 16 heavy (non-hydrogen) atoms. The topological polar surface area (TPSA) is 29.1 Å². The first-order valence-electron chi connectivity index (χ1n) is 5.50. The van der Waals surface area contributed by atoms with Gasteiger partial charge < -0.3 is 5.32 Å². The van der Waals surface area contributed by atoms with Gasteiger partial charge in [0.2, 0.25) is 5.91 Å². The van der Waals surface area contributed by atoms with Crippen molar-refractivity contribution in [2.45, 2.75) is 26.2 Å². The summed E-state index contributed by atoms with van der Waals surface area (Å²) in [6.07, 6.45) is 0.508. The maximum absolute atomic E-state index is 11.4. The highest BCUT2D eigenvalue weighted by atomic mass is 35.5. The molecule has 1 N–H and O–H groups in total. The Labute approximate surface area is 102 Å². The van der Waals surface area contributed by atoms with Gasteiger partial charge in [-0.3, -0.25) is 4.79 Å². The molecule has 3 heteroatoms. The number of hydrogen-bond acceptors (Lipinski definition) is 1. The Kier molecular flexibility index (Phi) is 4.81. The van der Waals surface area contributed by atoms with Gasteiger partial charge in [0, 0.05) is 18.5 Å². The molecule has 0 spiro atoms. The molecule has 0 aromatic heterocycles. The molecule has 1 aromatic rings. The third-order valence-electron chi connectivity index (χ3n) is 2.77. The molecule has 1 amide bonds. The number of carbonyl (C=O) groups excluding carboxylic acids is 1. The molecular weight excluding hydrogens is 222 g/mol. The van der Waals surface area contributed by atoms with E-state index in [0.717, 1.165) is 10.6 Å². The summed E-state index contributed by atoms with van der Waals surface area (Å²) in [5.41, 5.74) is 1.13. The SMILES string of the molecule is CNC(=O)CC(c1cccc(Cl)c1)C(C)C. The number of nitrogens with one attached hydrogen (secondary N) is 1. The van der Waals surface area contributed by atoms with Crippen molar-refractivity contribution in [3.05, 3.63) is 34.9 Å². The van der Waals surface area contributed by atoms with E-state index < -0.39 is 0 Å². The maximum Gasteiger partial charge on any atom is 0.220 e. The molecule has 0 saturated carbocycles. The van der Waals surface area contributed by atoms with Crippen molar-refractivity contribution >= 4 is 17.5 Å². The van der Waals surface area contributed by atoms with Gasteiger partial charge in [0.1, 0.15) is 0 Å². The van der Waals surface area contributed by atoms with Gasteiger partial charge in [0.15, 0.2) is 0 Å². The number of benzene rings is 1. The van der Waals surface area contributed by atoms with Gasteiger partial charge in [0.25, 0.3) is 0 Å². The van der Waals surface area contributed by atoms with Gasteiger partial charge in [-0.15, -0.1) is 0 Å². The molecule has 0 aliphatic rings. The van der Waals surface area contributed by atoms with Crippen LogP contribution < -0.4 is 5.32 Å². The van der Waals surface area contributed by atoms with Crippen LogP contribution in [0, 0.1) is 5.92 Å². The van der Waals surface area contributed by atoms with Gasteiger partial charge in [-0.2, -0.15) is 0 Å². The van der Waals surface area contributed by atoms with E-state index in [2.05, 4.69) is 19.2 Å². The molecule has 0 radical (unpaired) electrons. The molecule has 0 fully saturated rings. The van der Waals surface area contributed by atoms with Crippen molar-refractivity contribution in [2.24, 2.45) is 5.92 Å². The smallest absolute Gasteiger partial charge is 0.220 e. The van der Waals surface area contributed by atoms with E-state index in [1.54, 1.807) is 7.05 Å². The summed E-state index contributed by atoms with van der Waals surface area (Å²) in [6, 6.07) is 7.74. The van der Waals surface area contributed by atoms with Crippen LogP contribution in [0.25, 0.3) is 0 Å². The number of hydrogen-bond donors (Lipinski definition) is 1. The van der Waals surface area contributed by atoms with E-state index in [0.29, 0.717) is 12.3 Å². The lowest BCUT2D eigenvalue weighted by atomic mass is 9.85. The quantitative estimate of drug-likeness (QED) is 0.859. The Morgan fingerprint density at radius 3 is 2.62 bits per heavy atom. The second-order valence-electron chi connectivity index (χ2n) is 4.28. The zero-order valence-electron chi connectivity index (χ0n) is 9.96. The number of rotatable bonds is 4.